The van der Waals surface area contributed by atoms with Gasteiger partial charge in [0, 0.05) is 17.7 Å². The maximum absolute atomic E-state index is 14.3. The van der Waals surface area contributed by atoms with Gasteiger partial charge in [-0.3, -0.25) is 4.79 Å². The summed E-state index contributed by atoms with van der Waals surface area (Å²) in [6, 6.07) is 7.90. The highest BCUT2D eigenvalue weighted by Gasteiger charge is 2.29. The molecule has 0 fully saturated rings. The lowest BCUT2D eigenvalue weighted by Crippen LogP contribution is -2.21. The summed E-state index contributed by atoms with van der Waals surface area (Å²) in [7, 11) is 0. The first kappa shape index (κ1) is 19.0. The van der Waals surface area contributed by atoms with Crippen LogP contribution in [0.25, 0.3) is 6.08 Å². The van der Waals surface area contributed by atoms with Crippen molar-refractivity contribution < 1.29 is 18.0 Å². The summed E-state index contributed by atoms with van der Waals surface area (Å²) >= 11 is 4.65. The van der Waals surface area contributed by atoms with Crippen LogP contribution in [-0.2, 0) is 0 Å². The van der Waals surface area contributed by atoms with Crippen molar-refractivity contribution in [2.75, 3.05) is 11.4 Å². The van der Waals surface area contributed by atoms with E-state index in [1.54, 1.807) is 19.1 Å². The number of carbonyl (C=O) groups is 1. The van der Waals surface area contributed by atoms with Gasteiger partial charge in [0.25, 0.3) is 0 Å². The predicted octanol–water partition coefficient (Wildman–Crippen LogP) is 6.63. The Labute approximate surface area is 172 Å². The molecule has 0 saturated heterocycles. The molecule has 142 valence electrons. The zero-order valence-corrected chi connectivity index (χ0v) is 17.0. The van der Waals surface area contributed by atoms with Gasteiger partial charge < -0.3 is 4.90 Å². The monoisotopic (exact) mass is 463 g/mol. The number of fused-ring (bicyclic) bond motifs is 1. The van der Waals surface area contributed by atoms with Gasteiger partial charge in [-0.1, -0.05) is 18.2 Å². The molecule has 2 aromatic carbocycles. The number of ketones is 1. The highest BCUT2D eigenvalue weighted by molar-refractivity contribution is 9.11. The molecule has 0 unspecified atom stereocenters. The molecule has 0 N–H and O–H groups in total. The molecule has 4 rings (SSSR count). The topological polar surface area (TPSA) is 20.3 Å². The van der Waals surface area contributed by atoms with Crippen molar-refractivity contribution in [3.63, 3.8) is 0 Å². The Morgan fingerprint density at radius 1 is 1.11 bits per heavy atom. The number of thiophene rings is 1. The van der Waals surface area contributed by atoms with Gasteiger partial charge >= 0.3 is 0 Å². The van der Waals surface area contributed by atoms with Crippen molar-refractivity contribution in [1.82, 2.24) is 0 Å². The normalized spacial score (nSPS) is 13.0. The second-order valence-corrected chi connectivity index (χ2v) is 8.66. The van der Waals surface area contributed by atoms with Crippen LogP contribution in [0.1, 0.15) is 27.0 Å². The Morgan fingerprint density at radius 3 is 2.50 bits per heavy atom. The Hall–Kier alpha value is -2.38. The molecular formula is C21H13BrF3NOS. The fourth-order valence-corrected chi connectivity index (χ4v) is 5.08. The van der Waals surface area contributed by atoms with Crippen molar-refractivity contribution in [3.05, 3.63) is 86.0 Å². The third-order valence-electron chi connectivity index (χ3n) is 4.55. The molecule has 0 saturated carbocycles. The maximum Gasteiger partial charge on any atom is 0.195 e. The van der Waals surface area contributed by atoms with Gasteiger partial charge in [-0.05, 0) is 58.7 Å². The standard InChI is InChI=1S/C21H13BrF3NOS/c1-11-10-12(7-8-14(11)23)19(27)17-13-4-3-9-26(21(13)28-20(17)22)18-15(24)5-2-6-16(18)25/h2-8,10H,9H2,1H3. The first-order valence-corrected chi connectivity index (χ1v) is 10.0. The second-order valence-electron chi connectivity index (χ2n) is 6.35. The SMILES string of the molecule is Cc1cc(C(=O)c2c(Br)sc3c2C=CCN3c2c(F)cccc2F)ccc1F. The first-order chi connectivity index (χ1) is 13.4. The van der Waals surface area contributed by atoms with Gasteiger partial charge in [-0.15, -0.1) is 11.3 Å². The van der Waals surface area contributed by atoms with Crippen molar-refractivity contribution in [2.24, 2.45) is 0 Å². The number of nitrogens with zero attached hydrogens (tertiary/aromatic N) is 1. The zero-order valence-electron chi connectivity index (χ0n) is 14.6. The van der Waals surface area contributed by atoms with E-state index in [2.05, 4.69) is 15.9 Å². The van der Waals surface area contributed by atoms with Gasteiger partial charge in [-0.25, -0.2) is 13.2 Å². The van der Waals surface area contributed by atoms with Crippen LogP contribution in [0.4, 0.5) is 23.9 Å². The van der Waals surface area contributed by atoms with E-state index in [-0.39, 0.29) is 23.8 Å². The van der Waals surface area contributed by atoms with E-state index >= 15 is 0 Å². The number of para-hydroxylation sites is 1. The number of rotatable bonds is 3. The predicted molar refractivity (Wildman–Crippen MR) is 109 cm³/mol. The number of benzene rings is 2. The minimum absolute atomic E-state index is 0.154. The van der Waals surface area contributed by atoms with Crippen LogP contribution in [0.2, 0.25) is 0 Å². The third kappa shape index (κ3) is 3.08. The largest absolute Gasteiger partial charge is 0.324 e. The Bertz CT molecular complexity index is 1120. The van der Waals surface area contributed by atoms with Crippen LogP contribution >= 0.6 is 27.3 Å². The lowest BCUT2D eigenvalue weighted by Gasteiger charge is -2.26. The van der Waals surface area contributed by atoms with Gasteiger partial charge in [0.15, 0.2) is 5.78 Å². The van der Waals surface area contributed by atoms with Crippen molar-refractivity contribution in [2.45, 2.75) is 6.92 Å². The Balaban J connectivity index is 1.84. The smallest absolute Gasteiger partial charge is 0.195 e. The molecule has 28 heavy (non-hydrogen) atoms. The van der Waals surface area contributed by atoms with Crippen LogP contribution in [0.3, 0.4) is 0 Å². The van der Waals surface area contributed by atoms with Crippen LogP contribution in [0.15, 0.2) is 46.3 Å². The van der Waals surface area contributed by atoms with E-state index in [1.165, 1.54) is 52.6 Å². The van der Waals surface area contributed by atoms with Crippen LogP contribution in [0.5, 0.6) is 0 Å². The van der Waals surface area contributed by atoms with E-state index in [0.717, 1.165) is 0 Å². The number of halogens is 4. The molecule has 3 aromatic rings. The lowest BCUT2D eigenvalue weighted by molar-refractivity contribution is 0.103. The van der Waals surface area contributed by atoms with E-state index in [4.69, 9.17) is 0 Å². The van der Waals surface area contributed by atoms with Crippen molar-refractivity contribution in [1.29, 1.82) is 0 Å². The van der Waals surface area contributed by atoms with Gasteiger partial charge in [0.05, 0.1) is 9.35 Å². The summed E-state index contributed by atoms with van der Waals surface area (Å²) in [6.07, 6.45) is 3.52. The fraction of sp³-hybridized carbons (Fsp3) is 0.0952. The summed E-state index contributed by atoms with van der Waals surface area (Å²) in [5.41, 5.74) is 1.54. The third-order valence-corrected chi connectivity index (χ3v) is 6.45. The highest BCUT2D eigenvalue weighted by Crippen LogP contribution is 2.46. The molecule has 2 nitrogen and oxygen atoms in total. The Kier molecular flexibility index (Phi) is 4.89. The molecule has 1 aliphatic heterocycles. The average Bonchev–Trinajstić information content (AvgIpc) is 3.00. The number of aryl methyl sites for hydroxylation is 1. The first-order valence-electron chi connectivity index (χ1n) is 8.39. The lowest BCUT2D eigenvalue weighted by atomic mass is 9.99. The average molecular weight is 464 g/mol. The summed E-state index contributed by atoms with van der Waals surface area (Å²) in [5, 5.41) is 0.570. The molecular weight excluding hydrogens is 451 g/mol. The summed E-state index contributed by atoms with van der Waals surface area (Å²) < 4.78 is 42.8. The quantitative estimate of drug-likeness (QED) is 0.406. The molecule has 2 heterocycles. The summed E-state index contributed by atoms with van der Waals surface area (Å²) in [5.74, 6) is -2.02. The maximum atomic E-state index is 14.3. The van der Waals surface area contributed by atoms with Gasteiger partial charge in [0.1, 0.15) is 28.1 Å². The van der Waals surface area contributed by atoms with Crippen molar-refractivity contribution >= 4 is 49.8 Å². The number of hydrogen-bond acceptors (Lipinski definition) is 3. The van der Waals surface area contributed by atoms with E-state index in [1.807, 2.05) is 0 Å². The van der Waals surface area contributed by atoms with Crippen LogP contribution in [-0.4, -0.2) is 12.3 Å². The molecule has 0 bridgehead atoms. The molecule has 0 amide bonds. The number of anilines is 2. The second kappa shape index (κ2) is 7.22. The van der Waals surface area contributed by atoms with E-state index in [9.17, 15) is 18.0 Å². The molecule has 0 atom stereocenters. The van der Waals surface area contributed by atoms with E-state index in [0.29, 0.717) is 31.0 Å². The minimum Gasteiger partial charge on any atom is -0.324 e. The molecule has 1 aliphatic rings. The molecule has 7 heteroatoms. The highest BCUT2D eigenvalue weighted by atomic mass is 79.9. The summed E-state index contributed by atoms with van der Waals surface area (Å²) in [4.78, 5) is 14.6. The van der Waals surface area contributed by atoms with Crippen LogP contribution in [0, 0.1) is 24.4 Å². The number of carbonyl (C=O) groups excluding carboxylic acids is 1. The zero-order chi connectivity index (χ0) is 20.0. The molecule has 1 aromatic heterocycles. The number of hydrogen-bond donors (Lipinski definition) is 0. The molecule has 0 aliphatic carbocycles. The summed E-state index contributed by atoms with van der Waals surface area (Å²) in [6.45, 7) is 1.87. The van der Waals surface area contributed by atoms with E-state index < -0.39 is 11.6 Å². The minimum atomic E-state index is -0.673. The molecule has 0 spiro atoms. The molecule has 0 radical (unpaired) electrons. The Morgan fingerprint density at radius 2 is 1.82 bits per heavy atom. The van der Waals surface area contributed by atoms with Crippen LogP contribution < -0.4 is 4.90 Å². The van der Waals surface area contributed by atoms with Gasteiger partial charge in [0.2, 0.25) is 0 Å². The van der Waals surface area contributed by atoms with Gasteiger partial charge in [-0.2, -0.15) is 0 Å². The fourth-order valence-electron chi connectivity index (χ4n) is 3.20. The van der Waals surface area contributed by atoms with Crippen molar-refractivity contribution in [3.8, 4) is 0 Å².